The van der Waals surface area contributed by atoms with E-state index in [1.54, 1.807) is 12.1 Å². The molecule has 0 saturated carbocycles. The number of carbonyl (C=O) groups is 4. The van der Waals surface area contributed by atoms with Gasteiger partial charge >= 0.3 is 11.9 Å². The molecule has 2 aromatic carbocycles. The van der Waals surface area contributed by atoms with Crippen LogP contribution in [0.3, 0.4) is 0 Å². The van der Waals surface area contributed by atoms with E-state index < -0.39 is 35.0 Å². The third kappa shape index (κ3) is 8.90. The van der Waals surface area contributed by atoms with Crippen LogP contribution in [0.2, 0.25) is 0 Å². The number of methoxy groups -OCH3 is 1. The number of anilines is 1. The molecule has 2 rings (SSSR count). The second kappa shape index (κ2) is 13.4. The van der Waals surface area contributed by atoms with E-state index in [0.29, 0.717) is 23.4 Å². The molecule has 182 valence electrons. The summed E-state index contributed by atoms with van der Waals surface area (Å²) in [5.74, 6) is -1.91. The quantitative estimate of drug-likeness (QED) is 0.391. The Labute approximate surface area is 203 Å². The average Bonchev–Trinajstić information content (AvgIpc) is 2.81. The maximum Gasteiger partial charge on any atom is 0.337 e. The second-order valence-electron chi connectivity index (χ2n) is 8.13. The molecule has 3 N–H and O–H groups in total. The van der Waals surface area contributed by atoms with Gasteiger partial charge in [0, 0.05) is 11.4 Å². The molecule has 2 aromatic rings. The zero-order chi connectivity index (χ0) is 25.1. The summed E-state index contributed by atoms with van der Waals surface area (Å²) in [6, 6.07) is 14.8. The first-order chi connectivity index (χ1) is 16.2. The summed E-state index contributed by atoms with van der Waals surface area (Å²) >= 11 is 1.23. The Morgan fingerprint density at radius 3 is 2.18 bits per heavy atom. The standard InChI is InChI=1S/C25H30N2O6S/c1-16(2)13-20(23(30)26-19-11-9-18(10-12-19)25(32)33-3)27-24(31)21(14-22(28)29)34-15-17-7-5-4-6-8-17/h4-12,16,20-21H,13-15H2,1-3H3,(H,26,30)(H,27,31)(H,28,29). The highest BCUT2D eigenvalue weighted by atomic mass is 32.2. The third-order valence-electron chi connectivity index (χ3n) is 4.86. The van der Waals surface area contributed by atoms with Gasteiger partial charge in [-0.05, 0) is 42.2 Å². The van der Waals surface area contributed by atoms with Crippen LogP contribution >= 0.6 is 11.8 Å². The first-order valence-electron chi connectivity index (χ1n) is 10.9. The Balaban J connectivity index is 2.08. The van der Waals surface area contributed by atoms with Crippen LogP contribution in [0.25, 0.3) is 0 Å². The van der Waals surface area contributed by atoms with Gasteiger partial charge in [0.25, 0.3) is 0 Å². The van der Waals surface area contributed by atoms with Gasteiger partial charge in [-0.2, -0.15) is 0 Å². The summed E-state index contributed by atoms with van der Waals surface area (Å²) in [6.07, 6.45) is 0.0231. The van der Waals surface area contributed by atoms with Crippen molar-refractivity contribution < 1.29 is 29.0 Å². The number of rotatable bonds is 12. The smallest absolute Gasteiger partial charge is 0.337 e. The summed E-state index contributed by atoms with van der Waals surface area (Å²) in [4.78, 5) is 48.9. The first-order valence-corrected chi connectivity index (χ1v) is 11.9. The van der Waals surface area contributed by atoms with Crippen molar-refractivity contribution in [3.05, 3.63) is 65.7 Å². The van der Waals surface area contributed by atoms with Crippen LogP contribution in [0, 0.1) is 5.92 Å². The fraction of sp³-hybridized carbons (Fsp3) is 0.360. The highest BCUT2D eigenvalue weighted by molar-refractivity contribution is 7.99. The molecule has 0 heterocycles. The highest BCUT2D eigenvalue weighted by Gasteiger charge is 2.28. The van der Waals surface area contributed by atoms with Crippen LogP contribution in [-0.4, -0.2) is 47.3 Å². The number of carbonyl (C=O) groups excluding carboxylic acids is 3. The Morgan fingerprint density at radius 2 is 1.62 bits per heavy atom. The lowest BCUT2D eigenvalue weighted by Gasteiger charge is -2.23. The molecule has 0 aliphatic heterocycles. The Hall–Kier alpha value is -3.33. The molecular formula is C25H30N2O6S. The Bertz CT molecular complexity index is 979. The van der Waals surface area contributed by atoms with E-state index in [1.165, 1.54) is 31.0 Å². The SMILES string of the molecule is COC(=O)c1ccc(NC(=O)C(CC(C)C)NC(=O)C(CC(=O)O)SCc2ccccc2)cc1. The molecule has 2 unspecified atom stereocenters. The molecule has 2 atom stereocenters. The number of hydrogen-bond acceptors (Lipinski definition) is 6. The number of amides is 2. The normalized spacial score (nSPS) is 12.5. The monoisotopic (exact) mass is 486 g/mol. The van der Waals surface area contributed by atoms with E-state index in [9.17, 15) is 24.3 Å². The van der Waals surface area contributed by atoms with Crippen molar-refractivity contribution in [1.29, 1.82) is 0 Å². The van der Waals surface area contributed by atoms with Crippen LogP contribution in [0.4, 0.5) is 5.69 Å². The van der Waals surface area contributed by atoms with Gasteiger partial charge in [0.05, 0.1) is 24.3 Å². The minimum absolute atomic E-state index is 0.104. The predicted octanol–water partition coefficient (Wildman–Crippen LogP) is 3.72. The van der Waals surface area contributed by atoms with Gasteiger partial charge < -0.3 is 20.5 Å². The lowest BCUT2D eigenvalue weighted by molar-refractivity contribution is -0.138. The van der Waals surface area contributed by atoms with Gasteiger partial charge in [-0.3, -0.25) is 14.4 Å². The predicted molar refractivity (Wildman–Crippen MR) is 132 cm³/mol. The van der Waals surface area contributed by atoms with E-state index in [2.05, 4.69) is 15.4 Å². The third-order valence-corrected chi connectivity index (χ3v) is 6.14. The number of benzene rings is 2. The fourth-order valence-electron chi connectivity index (χ4n) is 3.16. The summed E-state index contributed by atoms with van der Waals surface area (Å²) in [7, 11) is 1.28. The van der Waals surface area contributed by atoms with Gasteiger partial charge in [0.15, 0.2) is 0 Å². The van der Waals surface area contributed by atoms with Crippen LogP contribution in [0.15, 0.2) is 54.6 Å². The van der Waals surface area contributed by atoms with Gasteiger partial charge in [-0.1, -0.05) is 44.2 Å². The number of carboxylic acid groups (broad SMARTS) is 1. The van der Waals surface area contributed by atoms with Crippen molar-refractivity contribution >= 4 is 41.2 Å². The van der Waals surface area contributed by atoms with Crippen LogP contribution in [0.1, 0.15) is 42.6 Å². The zero-order valence-electron chi connectivity index (χ0n) is 19.4. The summed E-state index contributed by atoms with van der Waals surface area (Å²) in [5, 5.41) is 13.9. The minimum atomic E-state index is -1.09. The minimum Gasteiger partial charge on any atom is -0.481 e. The maximum atomic E-state index is 13.0. The van der Waals surface area contributed by atoms with Crippen LogP contribution in [-0.2, 0) is 24.9 Å². The molecular weight excluding hydrogens is 456 g/mol. The summed E-state index contributed by atoms with van der Waals surface area (Å²) in [5.41, 5.74) is 1.78. The molecule has 0 aromatic heterocycles. The van der Waals surface area contributed by atoms with Crippen molar-refractivity contribution in [3.63, 3.8) is 0 Å². The first kappa shape index (κ1) is 26.9. The molecule has 0 aliphatic carbocycles. The van der Waals surface area contributed by atoms with Gasteiger partial charge in [-0.15, -0.1) is 11.8 Å². The summed E-state index contributed by atoms with van der Waals surface area (Å²) < 4.78 is 4.66. The number of thioether (sulfide) groups is 1. The molecule has 0 radical (unpaired) electrons. The Morgan fingerprint density at radius 1 is 0.971 bits per heavy atom. The van der Waals surface area contributed by atoms with E-state index in [-0.39, 0.29) is 12.3 Å². The number of ether oxygens (including phenoxy) is 1. The number of carboxylic acids is 1. The molecule has 0 saturated heterocycles. The lowest BCUT2D eigenvalue weighted by atomic mass is 10.0. The zero-order valence-corrected chi connectivity index (χ0v) is 20.3. The van der Waals surface area contributed by atoms with E-state index in [1.807, 2.05) is 44.2 Å². The van der Waals surface area contributed by atoms with Crippen molar-refractivity contribution in [3.8, 4) is 0 Å². The Kier molecular flexibility index (Phi) is 10.6. The molecule has 9 heteroatoms. The largest absolute Gasteiger partial charge is 0.481 e. The highest BCUT2D eigenvalue weighted by Crippen LogP contribution is 2.22. The van der Waals surface area contributed by atoms with Gasteiger partial charge in [-0.25, -0.2) is 4.79 Å². The maximum absolute atomic E-state index is 13.0. The van der Waals surface area contributed by atoms with Crippen molar-refractivity contribution in [1.82, 2.24) is 5.32 Å². The van der Waals surface area contributed by atoms with Crippen molar-refractivity contribution in [2.45, 2.75) is 43.7 Å². The molecule has 8 nitrogen and oxygen atoms in total. The average molecular weight is 487 g/mol. The summed E-state index contributed by atoms with van der Waals surface area (Å²) in [6.45, 7) is 3.85. The molecule has 0 fully saturated rings. The molecule has 0 spiro atoms. The molecule has 2 amide bonds. The van der Waals surface area contributed by atoms with Crippen LogP contribution < -0.4 is 10.6 Å². The fourth-order valence-corrected chi connectivity index (χ4v) is 4.23. The topological polar surface area (TPSA) is 122 Å². The van der Waals surface area contributed by atoms with Crippen molar-refractivity contribution in [2.24, 2.45) is 5.92 Å². The number of nitrogens with one attached hydrogen (secondary N) is 2. The van der Waals surface area contributed by atoms with Crippen molar-refractivity contribution in [2.75, 3.05) is 12.4 Å². The van der Waals surface area contributed by atoms with E-state index in [4.69, 9.17) is 0 Å². The molecule has 0 bridgehead atoms. The van der Waals surface area contributed by atoms with E-state index >= 15 is 0 Å². The lowest BCUT2D eigenvalue weighted by Crippen LogP contribution is -2.48. The second-order valence-corrected chi connectivity index (χ2v) is 9.32. The molecule has 34 heavy (non-hydrogen) atoms. The number of aliphatic carboxylic acids is 1. The number of hydrogen-bond donors (Lipinski definition) is 3. The van der Waals surface area contributed by atoms with E-state index in [0.717, 1.165) is 5.56 Å². The number of esters is 1. The molecule has 0 aliphatic rings. The van der Waals surface area contributed by atoms with Crippen LogP contribution in [0.5, 0.6) is 0 Å². The van der Waals surface area contributed by atoms with Gasteiger partial charge in [0.2, 0.25) is 11.8 Å². The van der Waals surface area contributed by atoms with Gasteiger partial charge in [0.1, 0.15) is 6.04 Å².